The second-order valence-corrected chi connectivity index (χ2v) is 6.90. The van der Waals surface area contributed by atoms with Crippen molar-refractivity contribution in [2.24, 2.45) is 0 Å². The fourth-order valence-electron chi connectivity index (χ4n) is 1.55. The molecule has 0 spiro atoms. The van der Waals surface area contributed by atoms with Gasteiger partial charge in [-0.05, 0) is 34.6 Å². The first-order valence-electron chi connectivity index (χ1n) is 6.07. The summed E-state index contributed by atoms with van der Waals surface area (Å²) < 4.78 is 1.75. The van der Waals surface area contributed by atoms with Gasteiger partial charge in [0.15, 0.2) is 0 Å². The summed E-state index contributed by atoms with van der Waals surface area (Å²) in [5.41, 5.74) is 1.77. The molecule has 0 aliphatic heterocycles. The van der Waals surface area contributed by atoms with Crippen molar-refractivity contribution in [2.45, 2.75) is 46.7 Å². The van der Waals surface area contributed by atoms with Crippen molar-refractivity contribution in [3.8, 4) is 5.13 Å². The van der Waals surface area contributed by atoms with Crippen LogP contribution in [0.1, 0.15) is 37.2 Å². The van der Waals surface area contributed by atoms with Crippen LogP contribution in [-0.4, -0.2) is 25.5 Å². The Morgan fingerprint density at radius 3 is 2.47 bits per heavy atom. The van der Waals surface area contributed by atoms with Crippen LogP contribution in [0.3, 0.4) is 0 Å². The summed E-state index contributed by atoms with van der Waals surface area (Å²) in [6, 6.07) is 0. The lowest BCUT2D eigenvalue weighted by Crippen LogP contribution is -2.35. The third-order valence-corrected chi connectivity index (χ3v) is 4.06. The summed E-state index contributed by atoms with van der Waals surface area (Å²) in [6.45, 7) is 10.9. The third kappa shape index (κ3) is 3.32. The van der Waals surface area contributed by atoms with Gasteiger partial charge in [-0.25, -0.2) is 4.68 Å². The maximum Gasteiger partial charge on any atom is 0.233 e. The molecule has 2 aromatic heterocycles. The Morgan fingerprint density at radius 2 is 1.95 bits per heavy atom. The van der Waals surface area contributed by atoms with E-state index in [4.69, 9.17) is 11.6 Å². The molecule has 0 aliphatic carbocycles. The average molecular weight is 300 g/mol. The number of nitrogens with one attached hydrogen (secondary N) is 1. The van der Waals surface area contributed by atoms with Crippen molar-refractivity contribution < 1.29 is 0 Å². The molecule has 5 nitrogen and oxygen atoms in total. The van der Waals surface area contributed by atoms with Crippen molar-refractivity contribution in [3.63, 3.8) is 0 Å². The first-order valence-corrected chi connectivity index (χ1v) is 7.27. The highest BCUT2D eigenvalue weighted by molar-refractivity contribution is 7.13. The Kier molecular flexibility index (Phi) is 3.94. The molecule has 104 valence electrons. The van der Waals surface area contributed by atoms with E-state index in [0.717, 1.165) is 21.5 Å². The van der Waals surface area contributed by atoms with E-state index in [9.17, 15) is 0 Å². The summed E-state index contributed by atoms with van der Waals surface area (Å²) in [5, 5.41) is 18.5. The van der Waals surface area contributed by atoms with Crippen molar-refractivity contribution in [3.05, 3.63) is 21.4 Å². The van der Waals surface area contributed by atoms with Gasteiger partial charge in [-0.3, -0.25) is 0 Å². The maximum absolute atomic E-state index is 6.14. The molecule has 19 heavy (non-hydrogen) atoms. The molecule has 2 aromatic rings. The minimum absolute atomic E-state index is 0.0628. The minimum Gasteiger partial charge on any atom is -0.306 e. The van der Waals surface area contributed by atoms with E-state index in [2.05, 4.69) is 41.4 Å². The van der Waals surface area contributed by atoms with Crippen LogP contribution >= 0.6 is 22.9 Å². The summed E-state index contributed by atoms with van der Waals surface area (Å²) in [6.07, 6.45) is 0. The number of halogens is 1. The molecule has 0 unspecified atom stereocenters. The van der Waals surface area contributed by atoms with E-state index >= 15 is 0 Å². The van der Waals surface area contributed by atoms with Gasteiger partial charge in [0.2, 0.25) is 5.13 Å². The molecule has 2 rings (SSSR count). The largest absolute Gasteiger partial charge is 0.306 e. The highest BCUT2D eigenvalue weighted by Crippen LogP contribution is 2.24. The normalized spacial score (nSPS) is 12.1. The summed E-state index contributed by atoms with van der Waals surface area (Å²) in [5.74, 6) is 0. The Labute approximate surface area is 122 Å². The molecule has 0 radical (unpaired) electrons. The summed E-state index contributed by atoms with van der Waals surface area (Å²) >= 11 is 7.66. The van der Waals surface area contributed by atoms with Crippen LogP contribution < -0.4 is 5.32 Å². The van der Waals surface area contributed by atoms with E-state index in [1.807, 2.05) is 13.8 Å². The smallest absolute Gasteiger partial charge is 0.233 e. The molecule has 2 heterocycles. The van der Waals surface area contributed by atoms with Gasteiger partial charge in [-0.15, -0.1) is 10.2 Å². The molecule has 0 aromatic carbocycles. The Hall–Kier alpha value is -0.980. The maximum atomic E-state index is 6.14. The standard InChI is InChI=1S/C12H18ClN5S/c1-7-10(13)8(2)18(17-7)11-16-15-9(19-11)6-14-12(3,4)5/h14H,6H2,1-5H3. The van der Waals surface area contributed by atoms with Crippen molar-refractivity contribution in [1.82, 2.24) is 25.3 Å². The van der Waals surface area contributed by atoms with Gasteiger partial charge in [0.1, 0.15) is 5.01 Å². The third-order valence-electron chi connectivity index (χ3n) is 2.61. The molecule has 1 N–H and O–H groups in total. The Balaban J connectivity index is 2.19. The van der Waals surface area contributed by atoms with Gasteiger partial charge in [-0.1, -0.05) is 22.9 Å². The highest BCUT2D eigenvalue weighted by atomic mass is 35.5. The number of hydrogen-bond acceptors (Lipinski definition) is 5. The van der Waals surface area contributed by atoms with Crippen LogP contribution in [0, 0.1) is 13.8 Å². The summed E-state index contributed by atoms with van der Waals surface area (Å²) in [7, 11) is 0. The fourth-order valence-corrected chi connectivity index (χ4v) is 2.45. The number of aromatic nitrogens is 4. The first-order chi connectivity index (χ1) is 8.78. The molecule has 0 fully saturated rings. The predicted octanol–water partition coefficient (Wildman–Crippen LogP) is 2.88. The second-order valence-electron chi connectivity index (χ2n) is 5.48. The molecule has 0 saturated heterocycles. The van der Waals surface area contributed by atoms with E-state index < -0.39 is 0 Å². The van der Waals surface area contributed by atoms with Gasteiger partial charge in [-0.2, -0.15) is 5.10 Å². The van der Waals surface area contributed by atoms with Crippen LogP contribution in [0.25, 0.3) is 5.13 Å². The van der Waals surface area contributed by atoms with Gasteiger partial charge < -0.3 is 5.32 Å². The predicted molar refractivity (Wildman–Crippen MR) is 78.1 cm³/mol. The zero-order chi connectivity index (χ0) is 14.2. The molecule has 7 heteroatoms. The number of nitrogens with zero attached hydrogens (tertiary/aromatic N) is 4. The molecule has 0 amide bonds. The van der Waals surface area contributed by atoms with Crippen molar-refractivity contribution in [1.29, 1.82) is 0 Å². The molecule has 0 bridgehead atoms. The molecule has 0 atom stereocenters. The van der Waals surface area contributed by atoms with E-state index in [0.29, 0.717) is 11.6 Å². The van der Waals surface area contributed by atoms with E-state index in [1.165, 1.54) is 11.3 Å². The van der Waals surface area contributed by atoms with E-state index in [-0.39, 0.29) is 5.54 Å². The lowest BCUT2D eigenvalue weighted by Gasteiger charge is -2.19. The monoisotopic (exact) mass is 299 g/mol. The van der Waals surface area contributed by atoms with Crippen LogP contribution in [-0.2, 0) is 6.54 Å². The average Bonchev–Trinajstić information content (AvgIpc) is 2.87. The number of hydrogen-bond donors (Lipinski definition) is 1. The minimum atomic E-state index is 0.0628. The lowest BCUT2D eigenvalue weighted by atomic mass is 10.1. The Bertz CT molecular complexity index is 581. The number of aryl methyl sites for hydroxylation is 1. The molecule has 0 aliphatic rings. The van der Waals surface area contributed by atoms with Crippen molar-refractivity contribution >= 4 is 22.9 Å². The molecular formula is C12H18ClN5S. The highest BCUT2D eigenvalue weighted by Gasteiger charge is 2.15. The van der Waals surface area contributed by atoms with Crippen molar-refractivity contribution in [2.75, 3.05) is 0 Å². The SMILES string of the molecule is Cc1nn(-c2nnc(CNC(C)(C)C)s2)c(C)c1Cl. The topological polar surface area (TPSA) is 55.6 Å². The lowest BCUT2D eigenvalue weighted by molar-refractivity contribution is 0.423. The summed E-state index contributed by atoms with van der Waals surface area (Å²) in [4.78, 5) is 0. The Morgan fingerprint density at radius 1 is 1.26 bits per heavy atom. The van der Waals surface area contributed by atoms with E-state index in [1.54, 1.807) is 4.68 Å². The van der Waals surface area contributed by atoms with Crippen LogP contribution in [0.4, 0.5) is 0 Å². The second kappa shape index (κ2) is 5.19. The zero-order valence-corrected chi connectivity index (χ0v) is 13.4. The van der Waals surface area contributed by atoms with Gasteiger partial charge in [0.25, 0.3) is 0 Å². The quantitative estimate of drug-likeness (QED) is 0.947. The van der Waals surface area contributed by atoms with Crippen LogP contribution in [0.2, 0.25) is 5.02 Å². The molecule has 0 saturated carbocycles. The fraction of sp³-hybridized carbons (Fsp3) is 0.583. The van der Waals surface area contributed by atoms with Crippen LogP contribution in [0.5, 0.6) is 0 Å². The van der Waals surface area contributed by atoms with Gasteiger partial charge in [0, 0.05) is 5.54 Å². The zero-order valence-electron chi connectivity index (χ0n) is 11.8. The van der Waals surface area contributed by atoms with Gasteiger partial charge >= 0.3 is 0 Å². The number of rotatable bonds is 3. The van der Waals surface area contributed by atoms with Gasteiger partial charge in [0.05, 0.1) is 23.0 Å². The first kappa shape index (κ1) is 14.4. The molecular weight excluding hydrogens is 282 g/mol. The van der Waals surface area contributed by atoms with Crippen LogP contribution in [0.15, 0.2) is 0 Å².